The number of nitrogens with zero attached hydrogens (tertiary/aromatic N) is 3. The van der Waals surface area contributed by atoms with Gasteiger partial charge < -0.3 is 10.3 Å². The molecule has 0 aliphatic heterocycles. The fourth-order valence-electron chi connectivity index (χ4n) is 1.16. The number of rotatable bonds is 2. The summed E-state index contributed by atoms with van der Waals surface area (Å²) < 4.78 is 5.04. The van der Waals surface area contributed by atoms with Gasteiger partial charge in [-0.2, -0.15) is 4.98 Å². The minimum Gasteiger partial charge on any atom is -0.334 e. The topological polar surface area (TPSA) is 77.8 Å². The van der Waals surface area contributed by atoms with E-state index in [-0.39, 0.29) is 6.54 Å². The van der Waals surface area contributed by atoms with Crippen LogP contribution in [0.4, 0.5) is 0 Å². The van der Waals surface area contributed by atoms with Gasteiger partial charge in [-0.1, -0.05) is 5.16 Å². The van der Waals surface area contributed by atoms with Crippen molar-refractivity contribution in [2.24, 2.45) is 5.73 Å². The van der Waals surface area contributed by atoms with Crippen molar-refractivity contribution in [2.45, 2.75) is 13.5 Å². The van der Waals surface area contributed by atoms with Crippen LogP contribution >= 0.6 is 0 Å². The summed E-state index contributed by atoms with van der Waals surface area (Å²) in [5.41, 5.74) is 7.09. The van der Waals surface area contributed by atoms with Gasteiger partial charge in [0.25, 0.3) is 5.89 Å². The van der Waals surface area contributed by atoms with Crippen molar-refractivity contribution < 1.29 is 4.52 Å². The second kappa shape index (κ2) is 3.55. The Labute approximate surface area is 81.0 Å². The maximum absolute atomic E-state index is 5.38. The fourth-order valence-corrected chi connectivity index (χ4v) is 1.16. The van der Waals surface area contributed by atoms with E-state index in [1.165, 1.54) is 0 Å². The van der Waals surface area contributed by atoms with Crippen molar-refractivity contribution in [1.82, 2.24) is 15.1 Å². The summed E-state index contributed by atoms with van der Waals surface area (Å²) in [5, 5.41) is 3.71. The van der Waals surface area contributed by atoms with Gasteiger partial charge in [0.05, 0.1) is 12.1 Å². The molecule has 0 aliphatic carbocycles. The number of pyridine rings is 1. The highest BCUT2D eigenvalue weighted by molar-refractivity contribution is 5.55. The molecule has 14 heavy (non-hydrogen) atoms. The zero-order chi connectivity index (χ0) is 9.97. The first kappa shape index (κ1) is 8.83. The molecule has 2 N–H and O–H groups in total. The second-order valence-electron chi connectivity index (χ2n) is 2.86. The van der Waals surface area contributed by atoms with Gasteiger partial charge in [-0.05, 0) is 19.1 Å². The van der Waals surface area contributed by atoms with Crippen LogP contribution in [0.5, 0.6) is 0 Å². The Balaban J connectivity index is 2.44. The average Bonchev–Trinajstić information content (AvgIpc) is 2.67. The lowest BCUT2D eigenvalue weighted by atomic mass is 10.2. The second-order valence-corrected chi connectivity index (χ2v) is 2.86. The zero-order valence-electron chi connectivity index (χ0n) is 7.77. The Morgan fingerprint density at radius 2 is 2.36 bits per heavy atom. The lowest BCUT2D eigenvalue weighted by molar-refractivity contribution is 0.422. The summed E-state index contributed by atoms with van der Waals surface area (Å²) in [6.45, 7) is 2.17. The largest absolute Gasteiger partial charge is 0.334 e. The molecule has 72 valence electrons. The monoisotopic (exact) mass is 190 g/mol. The van der Waals surface area contributed by atoms with Crippen LogP contribution in [0.3, 0.4) is 0 Å². The SMILES string of the molecule is Cc1ncccc1-c1nc(CN)no1. The van der Waals surface area contributed by atoms with Crippen molar-refractivity contribution in [2.75, 3.05) is 0 Å². The molecule has 2 rings (SSSR count). The summed E-state index contributed by atoms with van der Waals surface area (Å²) in [4.78, 5) is 8.25. The van der Waals surface area contributed by atoms with E-state index in [4.69, 9.17) is 10.3 Å². The quantitative estimate of drug-likeness (QED) is 0.761. The molecule has 0 unspecified atom stereocenters. The lowest BCUT2D eigenvalue weighted by Crippen LogP contribution is -1.97. The summed E-state index contributed by atoms with van der Waals surface area (Å²) in [6.07, 6.45) is 1.72. The minimum absolute atomic E-state index is 0.281. The van der Waals surface area contributed by atoms with Crippen LogP contribution in [-0.2, 0) is 6.54 Å². The lowest BCUT2D eigenvalue weighted by Gasteiger charge is -1.96. The van der Waals surface area contributed by atoms with Crippen LogP contribution in [-0.4, -0.2) is 15.1 Å². The molecule has 5 heteroatoms. The highest BCUT2D eigenvalue weighted by Crippen LogP contribution is 2.18. The maximum atomic E-state index is 5.38. The van der Waals surface area contributed by atoms with Gasteiger partial charge in [-0.25, -0.2) is 0 Å². The van der Waals surface area contributed by atoms with Gasteiger partial charge in [0, 0.05) is 11.9 Å². The summed E-state index contributed by atoms with van der Waals surface area (Å²) >= 11 is 0. The van der Waals surface area contributed by atoms with Crippen LogP contribution < -0.4 is 5.73 Å². The zero-order valence-corrected chi connectivity index (χ0v) is 7.77. The predicted molar refractivity (Wildman–Crippen MR) is 50.2 cm³/mol. The number of hydrogen-bond donors (Lipinski definition) is 1. The molecule has 2 heterocycles. The van der Waals surface area contributed by atoms with E-state index in [2.05, 4.69) is 15.1 Å². The van der Waals surface area contributed by atoms with Crippen molar-refractivity contribution in [3.05, 3.63) is 29.8 Å². The molecule has 0 aromatic carbocycles. The molecule has 0 radical (unpaired) electrons. The first-order valence-corrected chi connectivity index (χ1v) is 4.26. The van der Waals surface area contributed by atoms with Gasteiger partial charge >= 0.3 is 0 Å². The molecular formula is C9H10N4O. The molecule has 0 bridgehead atoms. The van der Waals surface area contributed by atoms with Gasteiger partial charge in [-0.3, -0.25) is 4.98 Å². The smallest absolute Gasteiger partial charge is 0.259 e. The van der Waals surface area contributed by atoms with Crippen molar-refractivity contribution in [3.63, 3.8) is 0 Å². The third kappa shape index (κ3) is 1.49. The van der Waals surface area contributed by atoms with E-state index < -0.39 is 0 Å². The summed E-state index contributed by atoms with van der Waals surface area (Å²) in [5.74, 6) is 0.972. The Morgan fingerprint density at radius 1 is 1.50 bits per heavy atom. The van der Waals surface area contributed by atoms with Crippen molar-refractivity contribution in [1.29, 1.82) is 0 Å². The van der Waals surface area contributed by atoms with E-state index in [0.29, 0.717) is 11.7 Å². The Morgan fingerprint density at radius 3 is 3.00 bits per heavy atom. The number of aryl methyl sites for hydroxylation is 1. The minimum atomic E-state index is 0.281. The van der Waals surface area contributed by atoms with Gasteiger partial charge in [0.2, 0.25) is 0 Å². The third-order valence-corrected chi connectivity index (χ3v) is 1.89. The first-order chi connectivity index (χ1) is 6.81. The van der Waals surface area contributed by atoms with Gasteiger partial charge in [-0.15, -0.1) is 0 Å². The highest BCUT2D eigenvalue weighted by atomic mass is 16.5. The Hall–Kier alpha value is -1.75. The number of aromatic nitrogens is 3. The molecule has 0 saturated carbocycles. The van der Waals surface area contributed by atoms with Crippen LogP contribution in [0.1, 0.15) is 11.5 Å². The van der Waals surface area contributed by atoms with E-state index in [1.807, 2.05) is 19.1 Å². The molecule has 2 aromatic heterocycles. The first-order valence-electron chi connectivity index (χ1n) is 4.26. The van der Waals surface area contributed by atoms with Crippen molar-refractivity contribution >= 4 is 0 Å². The normalized spacial score (nSPS) is 10.4. The Kier molecular flexibility index (Phi) is 2.24. The molecule has 5 nitrogen and oxygen atoms in total. The van der Waals surface area contributed by atoms with Crippen LogP contribution in [0.25, 0.3) is 11.5 Å². The number of hydrogen-bond acceptors (Lipinski definition) is 5. The maximum Gasteiger partial charge on any atom is 0.259 e. The Bertz CT molecular complexity index is 438. The number of nitrogens with two attached hydrogens (primary N) is 1. The van der Waals surface area contributed by atoms with E-state index in [9.17, 15) is 0 Å². The molecule has 0 atom stereocenters. The standard InChI is InChI=1S/C9H10N4O/c1-6-7(3-2-4-11-6)9-12-8(5-10)13-14-9/h2-4H,5,10H2,1H3. The van der Waals surface area contributed by atoms with Crippen LogP contribution in [0.2, 0.25) is 0 Å². The average molecular weight is 190 g/mol. The highest BCUT2D eigenvalue weighted by Gasteiger charge is 2.09. The van der Waals surface area contributed by atoms with E-state index in [0.717, 1.165) is 11.3 Å². The van der Waals surface area contributed by atoms with Gasteiger partial charge in [0.1, 0.15) is 0 Å². The summed E-state index contributed by atoms with van der Waals surface area (Å²) in [7, 11) is 0. The molecule has 2 aromatic rings. The molecule has 0 aliphatic rings. The van der Waals surface area contributed by atoms with E-state index in [1.54, 1.807) is 6.20 Å². The van der Waals surface area contributed by atoms with Crippen LogP contribution in [0, 0.1) is 6.92 Å². The fraction of sp³-hybridized carbons (Fsp3) is 0.222. The van der Waals surface area contributed by atoms with Crippen molar-refractivity contribution in [3.8, 4) is 11.5 Å². The van der Waals surface area contributed by atoms with Gasteiger partial charge in [0.15, 0.2) is 5.82 Å². The molecule has 0 fully saturated rings. The molecule has 0 saturated heterocycles. The van der Waals surface area contributed by atoms with E-state index >= 15 is 0 Å². The third-order valence-electron chi connectivity index (χ3n) is 1.89. The molecule has 0 spiro atoms. The summed E-state index contributed by atoms with van der Waals surface area (Å²) in [6, 6.07) is 3.71. The predicted octanol–water partition coefficient (Wildman–Crippen LogP) is 0.899. The molecular weight excluding hydrogens is 180 g/mol. The molecule has 0 amide bonds. The van der Waals surface area contributed by atoms with Crippen LogP contribution in [0.15, 0.2) is 22.9 Å².